The molecule has 0 unspecified atom stereocenters. The van der Waals surface area contributed by atoms with E-state index in [2.05, 4.69) is 4.98 Å². The number of ether oxygens (including phenoxy) is 10. The fourth-order valence-corrected chi connectivity index (χ4v) is 6.45. The molecule has 0 atom stereocenters. The molecule has 334 valence electrons. The van der Waals surface area contributed by atoms with Crippen LogP contribution >= 0.6 is 0 Å². The molecule has 0 bridgehead atoms. The molecule has 17 nitrogen and oxygen atoms in total. The first kappa shape index (κ1) is 47.3. The zero-order valence-corrected chi connectivity index (χ0v) is 35.2. The molecule has 2 fully saturated rings. The van der Waals surface area contributed by atoms with Crippen molar-refractivity contribution in [2.75, 3.05) is 126 Å². The van der Waals surface area contributed by atoms with Crippen molar-refractivity contribution in [3.05, 3.63) is 56.7 Å². The molecule has 2 heterocycles. The normalized spacial score (nSPS) is 14.6. The zero-order chi connectivity index (χ0) is 42.0. The average molecular weight is 845 g/mol. The molecule has 3 aromatic rings. The summed E-state index contributed by atoms with van der Waals surface area (Å²) in [4.78, 5) is 47.2. The van der Waals surface area contributed by atoms with Crippen LogP contribution in [0.25, 0.3) is 28.6 Å². The quantitative estimate of drug-likeness (QED) is 0.0524. The Morgan fingerprint density at radius 3 is 1.50 bits per heavy atom. The molecule has 2 aromatic heterocycles. The third-order valence-electron chi connectivity index (χ3n) is 10.3. The lowest BCUT2D eigenvalue weighted by atomic mass is 9.85. The van der Waals surface area contributed by atoms with Crippen LogP contribution in [0.2, 0.25) is 0 Å². The first-order chi connectivity index (χ1) is 29.5. The second-order valence-electron chi connectivity index (χ2n) is 14.7. The molecule has 2 aliphatic carbocycles. The maximum Gasteiger partial charge on any atom is 0.332 e. The number of nitrogens with one attached hydrogen (secondary N) is 1. The lowest BCUT2D eigenvalue weighted by molar-refractivity contribution is -0.139. The summed E-state index contributed by atoms with van der Waals surface area (Å²) >= 11 is 0. The third-order valence-corrected chi connectivity index (χ3v) is 10.3. The highest BCUT2D eigenvalue weighted by Gasteiger charge is 2.26. The minimum atomic E-state index is -0.480. The highest BCUT2D eigenvalue weighted by molar-refractivity contribution is 5.87. The van der Waals surface area contributed by atoms with Gasteiger partial charge in [-0.2, -0.15) is 0 Å². The Hall–Kier alpha value is -3.78. The van der Waals surface area contributed by atoms with Crippen LogP contribution in [-0.4, -0.2) is 151 Å². The molecule has 17 heteroatoms. The lowest BCUT2D eigenvalue weighted by Gasteiger charge is -2.28. The number of carbonyl (C=O) groups is 1. The fraction of sp³-hybridized carbons (Fsp3) is 0.674. The molecule has 60 heavy (non-hydrogen) atoms. The molecular weight excluding hydrogens is 780 g/mol. The van der Waals surface area contributed by atoms with E-state index in [1.165, 1.54) is 17.1 Å². The first-order valence-corrected chi connectivity index (χ1v) is 21.3. The molecule has 0 spiro atoms. The molecule has 0 amide bonds. The van der Waals surface area contributed by atoms with Gasteiger partial charge < -0.3 is 52.4 Å². The molecule has 1 N–H and O–H groups in total. The van der Waals surface area contributed by atoms with Crippen LogP contribution in [0.1, 0.15) is 44.1 Å². The molecular formula is C43H64N4O13. The Balaban J connectivity index is 0.848. The largest absolute Gasteiger partial charge is 0.460 e. The highest BCUT2D eigenvalue weighted by atomic mass is 16.6. The van der Waals surface area contributed by atoms with Gasteiger partial charge in [0.25, 0.3) is 5.56 Å². The van der Waals surface area contributed by atoms with Crippen LogP contribution in [0.15, 0.2) is 39.9 Å². The molecule has 2 aliphatic rings. The maximum absolute atomic E-state index is 13.5. The Morgan fingerprint density at radius 2 is 1.07 bits per heavy atom. The Labute approximate surface area is 351 Å². The van der Waals surface area contributed by atoms with E-state index in [0.29, 0.717) is 148 Å². The number of esters is 1. The smallest absolute Gasteiger partial charge is 0.332 e. The van der Waals surface area contributed by atoms with Crippen molar-refractivity contribution < 1.29 is 52.2 Å². The summed E-state index contributed by atoms with van der Waals surface area (Å²) in [7, 11) is 1.64. The van der Waals surface area contributed by atoms with Crippen LogP contribution in [0.3, 0.4) is 0 Å². The lowest BCUT2D eigenvalue weighted by Crippen LogP contribution is -2.43. The second-order valence-corrected chi connectivity index (χ2v) is 14.7. The van der Waals surface area contributed by atoms with E-state index in [1.807, 2.05) is 24.3 Å². The summed E-state index contributed by atoms with van der Waals surface area (Å²) in [5, 5.41) is 0. The van der Waals surface area contributed by atoms with E-state index in [4.69, 9.17) is 52.4 Å². The van der Waals surface area contributed by atoms with Crippen molar-refractivity contribution >= 4 is 23.2 Å². The number of benzene rings is 1. The molecule has 0 saturated heterocycles. The van der Waals surface area contributed by atoms with Crippen LogP contribution in [-0.2, 0) is 65.3 Å². The number of nitrogens with zero attached hydrogens (tertiary/aromatic N) is 3. The Kier molecular flexibility index (Phi) is 22.0. The van der Waals surface area contributed by atoms with Gasteiger partial charge in [-0.15, -0.1) is 0 Å². The predicted molar refractivity (Wildman–Crippen MR) is 223 cm³/mol. The van der Waals surface area contributed by atoms with Gasteiger partial charge in [-0.25, -0.2) is 14.6 Å². The monoisotopic (exact) mass is 844 g/mol. The standard InChI is InChI=1S/C43H64N4O13/c1-51-14-15-52-16-17-53-18-19-54-20-21-55-22-23-56-24-25-57-26-27-58-28-29-59-30-31-60-38(48)13-10-34-8-11-37(12-9-34)40-44-39-41(45-40)46(32-35-4-2-5-35)43(50)47(42(39)49)33-36-6-3-7-36/h8-13,35-36H,2-7,14-33H2,1H3,(H,44,45). The number of H-pyrrole nitrogens is 1. The van der Waals surface area contributed by atoms with E-state index in [0.717, 1.165) is 43.2 Å². The summed E-state index contributed by atoms with van der Waals surface area (Å²) in [6.45, 7) is 9.18. The van der Waals surface area contributed by atoms with E-state index in [-0.39, 0.29) is 24.5 Å². The number of hydrogen-bond acceptors (Lipinski definition) is 14. The Bertz CT molecular complexity index is 1800. The van der Waals surface area contributed by atoms with Gasteiger partial charge in [0.05, 0.1) is 112 Å². The summed E-state index contributed by atoms with van der Waals surface area (Å²) < 4.78 is 56.9. The van der Waals surface area contributed by atoms with E-state index in [9.17, 15) is 14.4 Å². The van der Waals surface area contributed by atoms with E-state index < -0.39 is 5.97 Å². The fourth-order valence-electron chi connectivity index (χ4n) is 6.45. The van der Waals surface area contributed by atoms with Crippen LogP contribution < -0.4 is 11.2 Å². The number of rotatable bonds is 34. The van der Waals surface area contributed by atoms with Gasteiger partial charge in [0, 0.05) is 31.8 Å². The molecule has 5 rings (SSSR count). The number of carbonyl (C=O) groups excluding carboxylic acids is 1. The van der Waals surface area contributed by atoms with Crippen molar-refractivity contribution in [3.8, 4) is 11.4 Å². The van der Waals surface area contributed by atoms with Crippen LogP contribution in [0.5, 0.6) is 0 Å². The molecule has 2 saturated carbocycles. The molecule has 1 aromatic carbocycles. The number of aromatic amines is 1. The molecule has 0 radical (unpaired) electrons. The van der Waals surface area contributed by atoms with Gasteiger partial charge in [0.15, 0.2) is 5.65 Å². The number of methoxy groups -OCH3 is 1. The van der Waals surface area contributed by atoms with Gasteiger partial charge >= 0.3 is 11.7 Å². The maximum atomic E-state index is 13.5. The average Bonchev–Trinajstić information content (AvgIpc) is 3.67. The van der Waals surface area contributed by atoms with E-state index >= 15 is 0 Å². The van der Waals surface area contributed by atoms with Crippen molar-refractivity contribution in [2.24, 2.45) is 11.8 Å². The van der Waals surface area contributed by atoms with Gasteiger partial charge in [-0.3, -0.25) is 13.9 Å². The van der Waals surface area contributed by atoms with Gasteiger partial charge in [-0.1, -0.05) is 37.1 Å². The SMILES string of the molecule is COCCOCCOCCOCCOCCOCCOCCOCCOCCOC(=O)C=Cc1ccc(-c2nc3c([nH]2)c(=O)n(CC2CCC2)c(=O)n3CC2CCC2)cc1. The minimum absolute atomic E-state index is 0.118. The van der Waals surface area contributed by atoms with Gasteiger partial charge in [-0.05, 0) is 49.2 Å². The first-order valence-electron chi connectivity index (χ1n) is 21.3. The Morgan fingerprint density at radius 1 is 0.633 bits per heavy atom. The van der Waals surface area contributed by atoms with E-state index in [1.54, 1.807) is 17.8 Å². The van der Waals surface area contributed by atoms with Crippen LogP contribution in [0, 0.1) is 11.8 Å². The number of hydrogen-bond donors (Lipinski definition) is 1. The topological polar surface area (TPSA) is 182 Å². The summed E-state index contributed by atoms with van der Waals surface area (Å²) in [6.07, 6.45) is 9.59. The molecule has 0 aliphatic heterocycles. The van der Waals surface area contributed by atoms with Crippen LogP contribution in [0.4, 0.5) is 0 Å². The minimum Gasteiger partial charge on any atom is -0.460 e. The summed E-state index contributed by atoms with van der Waals surface area (Å²) in [5.41, 5.74) is 1.76. The summed E-state index contributed by atoms with van der Waals surface area (Å²) in [5.74, 6) is 0.840. The predicted octanol–water partition coefficient (Wildman–Crippen LogP) is 3.49. The highest BCUT2D eigenvalue weighted by Crippen LogP contribution is 2.29. The number of imidazole rings is 1. The third kappa shape index (κ3) is 16.6. The zero-order valence-electron chi connectivity index (χ0n) is 35.2. The number of fused-ring (bicyclic) bond motifs is 1. The van der Waals surface area contributed by atoms with Crippen molar-refractivity contribution in [2.45, 2.75) is 51.6 Å². The van der Waals surface area contributed by atoms with Crippen molar-refractivity contribution in [3.63, 3.8) is 0 Å². The van der Waals surface area contributed by atoms with Crippen molar-refractivity contribution in [1.29, 1.82) is 0 Å². The summed E-state index contributed by atoms with van der Waals surface area (Å²) in [6, 6.07) is 7.43. The van der Waals surface area contributed by atoms with Gasteiger partial charge in [0.2, 0.25) is 0 Å². The van der Waals surface area contributed by atoms with Crippen molar-refractivity contribution in [1.82, 2.24) is 19.1 Å². The second kappa shape index (κ2) is 27.9. The van der Waals surface area contributed by atoms with Gasteiger partial charge in [0.1, 0.15) is 17.9 Å². The number of aromatic nitrogens is 4.